The highest BCUT2D eigenvalue weighted by atomic mass is 14.8. The van der Waals surface area contributed by atoms with Crippen LogP contribution in [-0.2, 0) is 0 Å². The van der Waals surface area contributed by atoms with Crippen LogP contribution in [0.4, 0.5) is 0 Å². The summed E-state index contributed by atoms with van der Waals surface area (Å²) in [6.07, 6.45) is 1.84. The summed E-state index contributed by atoms with van der Waals surface area (Å²) in [5, 5.41) is 0. The Bertz CT molecular complexity index is 501. The zero-order valence-corrected chi connectivity index (χ0v) is 9.70. The van der Waals surface area contributed by atoms with Crippen LogP contribution in [0, 0.1) is 13.8 Å². The van der Waals surface area contributed by atoms with Crippen molar-refractivity contribution in [3.05, 3.63) is 35.2 Å². The van der Waals surface area contributed by atoms with Gasteiger partial charge in [0.15, 0.2) is 0 Å². The quantitative estimate of drug-likeness (QED) is 0.705. The van der Waals surface area contributed by atoms with Crippen LogP contribution in [0.3, 0.4) is 0 Å². The highest BCUT2D eigenvalue weighted by molar-refractivity contribution is 5.79. The van der Waals surface area contributed by atoms with Gasteiger partial charge >= 0.3 is 0 Å². The normalized spacial score (nSPS) is 11.3. The Morgan fingerprint density at radius 1 is 1.20 bits per heavy atom. The van der Waals surface area contributed by atoms with Crippen LogP contribution in [0.5, 0.6) is 0 Å². The number of rotatable bonds is 1. The van der Waals surface area contributed by atoms with Crippen LogP contribution in [0.1, 0.15) is 36.6 Å². The van der Waals surface area contributed by atoms with Crippen molar-refractivity contribution < 1.29 is 0 Å². The van der Waals surface area contributed by atoms with Crippen molar-refractivity contribution in [3.8, 4) is 0 Å². The largest absolute Gasteiger partial charge is 0.254 e. The zero-order chi connectivity index (χ0) is 11.0. The minimum absolute atomic E-state index is 0.490. The lowest BCUT2D eigenvalue weighted by atomic mass is 9.96. The lowest BCUT2D eigenvalue weighted by Gasteiger charge is -2.14. The molecule has 15 heavy (non-hydrogen) atoms. The molecule has 2 aromatic heterocycles. The Hall–Kier alpha value is -1.44. The molecule has 0 aromatic carbocycles. The first-order valence-electron chi connectivity index (χ1n) is 5.33. The molecule has 78 valence electrons. The van der Waals surface area contributed by atoms with Crippen molar-refractivity contribution in [1.82, 2.24) is 9.97 Å². The van der Waals surface area contributed by atoms with Gasteiger partial charge in [-0.05, 0) is 43.0 Å². The third kappa shape index (κ3) is 1.60. The molecule has 0 aliphatic heterocycles. The number of nitrogens with zero attached hydrogens (tertiary/aromatic N) is 2. The highest BCUT2D eigenvalue weighted by Gasteiger charge is 2.12. The van der Waals surface area contributed by atoms with Crippen LogP contribution in [0.15, 0.2) is 18.3 Å². The Kier molecular flexibility index (Phi) is 2.43. The second kappa shape index (κ2) is 3.61. The Labute approximate surface area is 90.4 Å². The Morgan fingerprint density at radius 3 is 2.60 bits per heavy atom. The molecule has 0 saturated heterocycles. The van der Waals surface area contributed by atoms with Gasteiger partial charge in [-0.2, -0.15) is 0 Å². The van der Waals surface area contributed by atoms with Gasteiger partial charge in [0.05, 0.1) is 11.0 Å². The van der Waals surface area contributed by atoms with Crippen molar-refractivity contribution in [2.45, 2.75) is 33.6 Å². The number of hydrogen-bond acceptors (Lipinski definition) is 2. The minimum atomic E-state index is 0.490. The van der Waals surface area contributed by atoms with E-state index in [0.29, 0.717) is 5.92 Å². The van der Waals surface area contributed by atoms with Gasteiger partial charge < -0.3 is 0 Å². The smallest absolute Gasteiger partial charge is 0.0924 e. The number of aryl methyl sites for hydroxylation is 1. The van der Waals surface area contributed by atoms with E-state index in [9.17, 15) is 0 Å². The molecule has 0 bridgehead atoms. The molecule has 2 nitrogen and oxygen atoms in total. The summed E-state index contributed by atoms with van der Waals surface area (Å²) in [7, 11) is 0. The summed E-state index contributed by atoms with van der Waals surface area (Å²) < 4.78 is 0. The molecule has 2 heterocycles. The third-order valence-electron chi connectivity index (χ3n) is 2.85. The van der Waals surface area contributed by atoms with Gasteiger partial charge in [0.2, 0.25) is 0 Å². The van der Waals surface area contributed by atoms with Crippen molar-refractivity contribution >= 4 is 11.0 Å². The molecule has 0 N–H and O–H groups in total. The van der Waals surface area contributed by atoms with E-state index >= 15 is 0 Å². The molecular weight excluding hydrogens is 184 g/mol. The van der Waals surface area contributed by atoms with Gasteiger partial charge in [0.25, 0.3) is 0 Å². The molecule has 0 saturated carbocycles. The first-order chi connectivity index (χ1) is 7.11. The molecule has 2 aromatic rings. The number of aromatic nitrogens is 2. The van der Waals surface area contributed by atoms with E-state index in [2.05, 4.69) is 37.7 Å². The average molecular weight is 200 g/mol. The molecular formula is C13H16N2. The van der Waals surface area contributed by atoms with Gasteiger partial charge in [-0.3, -0.25) is 9.97 Å². The van der Waals surface area contributed by atoms with Crippen LogP contribution in [0.2, 0.25) is 0 Å². The zero-order valence-electron chi connectivity index (χ0n) is 9.70. The standard InChI is InChI=1S/C13H16N2/c1-8(2)12-9(3)10(4)15-11-6-5-7-14-13(11)12/h5-8H,1-4H3. The van der Waals surface area contributed by atoms with E-state index in [4.69, 9.17) is 0 Å². The van der Waals surface area contributed by atoms with E-state index in [1.807, 2.05) is 18.3 Å². The molecule has 2 heteroatoms. The highest BCUT2D eigenvalue weighted by Crippen LogP contribution is 2.27. The maximum atomic E-state index is 4.56. The molecule has 0 aliphatic carbocycles. The van der Waals surface area contributed by atoms with Crippen molar-refractivity contribution in [2.75, 3.05) is 0 Å². The van der Waals surface area contributed by atoms with Crippen molar-refractivity contribution in [1.29, 1.82) is 0 Å². The van der Waals surface area contributed by atoms with Gasteiger partial charge in [-0.1, -0.05) is 13.8 Å². The number of pyridine rings is 2. The first-order valence-corrected chi connectivity index (χ1v) is 5.33. The molecule has 0 spiro atoms. The predicted molar refractivity (Wildman–Crippen MR) is 63.1 cm³/mol. The van der Waals surface area contributed by atoms with Crippen LogP contribution in [0.25, 0.3) is 11.0 Å². The molecule has 2 rings (SSSR count). The first kappa shape index (κ1) is 10.1. The summed E-state index contributed by atoms with van der Waals surface area (Å²) >= 11 is 0. The second-order valence-corrected chi connectivity index (χ2v) is 4.26. The van der Waals surface area contributed by atoms with Crippen LogP contribution < -0.4 is 0 Å². The monoisotopic (exact) mass is 200 g/mol. The summed E-state index contributed by atoms with van der Waals surface area (Å²) in [5.41, 5.74) is 5.77. The minimum Gasteiger partial charge on any atom is -0.254 e. The van der Waals surface area contributed by atoms with Gasteiger partial charge in [-0.25, -0.2) is 0 Å². The summed E-state index contributed by atoms with van der Waals surface area (Å²) in [6, 6.07) is 3.97. The van der Waals surface area contributed by atoms with E-state index in [0.717, 1.165) is 16.7 Å². The van der Waals surface area contributed by atoms with E-state index in [-0.39, 0.29) is 0 Å². The Balaban J connectivity index is 2.89. The maximum Gasteiger partial charge on any atom is 0.0924 e. The number of hydrogen-bond donors (Lipinski definition) is 0. The fourth-order valence-electron chi connectivity index (χ4n) is 2.04. The van der Waals surface area contributed by atoms with E-state index in [1.165, 1.54) is 11.1 Å². The maximum absolute atomic E-state index is 4.56. The average Bonchev–Trinajstić information content (AvgIpc) is 2.19. The van der Waals surface area contributed by atoms with Crippen LogP contribution in [-0.4, -0.2) is 9.97 Å². The number of fused-ring (bicyclic) bond motifs is 1. The predicted octanol–water partition coefficient (Wildman–Crippen LogP) is 3.37. The van der Waals surface area contributed by atoms with Crippen molar-refractivity contribution in [2.24, 2.45) is 0 Å². The van der Waals surface area contributed by atoms with Gasteiger partial charge in [-0.15, -0.1) is 0 Å². The summed E-state index contributed by atoms with van der Waals surface area (Å²) in [6.45, 7) is 8.60. The van der Waals surface area contributed by atoms with E-state index in [1.54, 1.807) is 0 Å². The molecule has 0 unspecified atom stereocenters. The molecule has 0 fully saturated rings. The van der Waals surface area contributed by atoms with E-state index < -0.39 is 0 Å². The summed E-state index contributed by atoms with van der Waals surface area (Å²) in [5.74, 6) is 0.490. The Morgan fingerprint density at radius 2 is 1.93 bits per heavy atom. The fourth-order valence-corrected chi connectivity index (χ4v) is 2.04. The lowest BCUT2D eigenvalue weighted by molar-refractivity contribution is 0.855. The van der Waals surface area contributed by atoms with Crippen LogP contribution >= 0.6 is 0 Å². The summed E-state index contributed by atoms with van der Waals surface area (Å²) in [4.78, 5) is 9.00. The van der Waals surface area contributed by atoms with Gasteiger partial charge in [0.1, 0.15) is 0 Å². The molecule has 0 radical (unpaired) electrons. The topological polar surface area (TPSA) is 25.8 Å². The van der Waals surface area contributed by atoms with Crippen molar-refractivity contribution in [3.63, 3.8) is 0 Å². The molecule has 0 aliphatic rings. The van der Waals surface area contributed by atoms with Gasteiger partial charge in [0, 0.05) is 11.9 Å². The molecule has 0 amide bonds. The second-order valence-electron chi connectivity index (χ2n) is 4.26. The molecule has 0 atom stereocenters. The SMILES string of the molecule is Cc1nc2cccnc2c(C(C)C)c1C. The third-order valence-corrected chi connectivity index (χ3v) is 2.85. The fraction of sp³-hybridized carbons (Fsp3) is 0.385. The lowest BCUT2D eigenvalue weighted by Crippen LogP contribution is -2.00.